The van der Waals surface area contributed by atoms with Crippen LogP contribution in [0.1, 0.15) is 37.5 Å². The van der Waals surface area contributed by atoms with Crippen LogP contribution in [0.25, 0.3) is 22.3 Å². The number of ether oxygens (including phenoxy) is 1. The predicted molar refractivity (Wildman–Crippen MR) is 133 cm³/mol. The third-order valence-electron chi connectivity index (χ3n) is 6.25. The van der Waals surface area contributed by atoms with Crippen LogP contribution in [0.5, 0.6) is 5.75 Å². The summed E-state index contributed by atoms with van der Waals surface area (Å²) in [4.78, 5) is 0. The fourth-order valence-corrected chi connectivity index (χ4v) is 4.82. The highest BCUT2D eigenvalue weighted by Crippen LogP contribution is 2.58. The van der Waals surface area contributed by atoms with Crippen molar-refractivity contribution in [1.82, 2.24) is 5.54 Å². The van der Waals surface area contributed by atoms with E-state index in [1.165, 1.54) is 33.4 Å². The Bertz CT molecular complexity index is 1260. The second kappa shape index (κ2) is 8.17. The first-order valence-corrected chi connectivity index (χ1v) is 11.4. The lowest BCUT2D eigenvalue weighted by atomic mass is 9.78. The van der Waals surface area contributed by atoms with Crippen molar-refractivity contribution >= 4 is 0 Å². The van der Waals surface area contributed by atoms with E-state index in [0.29, 0.717) is 6.54 Å². The standard InChI is InChI=1S/C25H16O.C5H12FN/c1-5-13-21-17(9-1)18-10-2-6-14-22(18)25(21)23-15-7-3-11-19(23)20-12-4-8-16-24(20)26-25;1-5(2,3)4-7-6/h1-16H;7H,4H2,1-3H3. The Labute approximate surface area is 195 Å². The molecule has 4 aromatic carbocycles. The molecule has 4 aromatic rings. The SMILES string of the molecule is CC(C)(C)CNF.c1ccc2c(c1)OC1(c3ccccc3-2)c2ccccc2-c2ccccc21. The van der Waals surface area contributed by atoms with Crippen LogP contribution in [-0.2, 0) is 5.60 Å². The summed E-state index contributed by atoms with van der Waals surface area (Å²) in [6, 6.07) is 34.3. The van der Waals surface area contributed by atoms with Gasteiger partial charge in [0.25, 0.3) is 0 Å². The van der Waals surface area contributed by atoms with Crippen LogP contribution in [0, 0.1) is 5.41 Å². The molecule has 0 unspecified atom stereocenters. The zero-order valence-electron chi connectivity index (χ0n) is 19.2. The minimum Gasteiger partial charge on any atom is -0.472 e. The summed E-state index contributed by atoms with van der Waals surface area (Å²) in [5.41, 5.74) is 9.69. The molecule has 0 bridgehead atoms. The van der Waals surface area contributed by atoms with Gasteiger partial charge < -0.3 is 4.74 Å². The molecule has 0 aromatic heterocycles. The molecule has 2 nitrogen and oxygen atoms in total. The van der Waals surface area contributed by atoms with E-state index < -0.39 is 5.60 Å². The molecule has 166 valence electrons. The number of rotatable bonds is 1. The van der Waals surface area contributed by atoms with E-state index >= 15 is 0 Å². The summed E-state index contributed by atoms with van der Waals surface area (Å²) >= 11 is 0. The maximum atomic E-state index is 11.2. The summed E-state index contributed by atoms with van der Waals surface area (Å²) in [5, 5.41) is 0. The largest absolute Gasteiger partial charge is 0.472 e. The van der Waals surface area contributed by atoms with E-state index in [9.17, 15) is 4.48 Å². The Hall–Kier alpha value is -3.43. The number of halogens is 1. The van der Waals surface area contributed by atoms with Crippen molar-refractivity contribution in [3.63, 3.8) is 0 Å². The number of fused-ring (bicyclic) bond motifs is 9. The Morgan fingerprint density at radius 2 is 1.03 bits per heavy atom. The van der Waals surface area contributed by atoms with E-state index in [0.717, 1.165) is 11.3 Å². The van der Waals surface area contributed by atoms with Crippen molar-refractivity contribution in [3.05, 3.63) is 114 Å². The lowest BCUT2D eigenvalue weighted by molar-refractivity contribution is 0.157. The quantitative estimate of drug-likeness (QED) is 0.311. The van der Waals surface area contributed by atoms with Crippen molar-refractivity contribution in [3.8, 4) is 28.0 Å². The average Bonchev–Trinajstić information content (AvgIpc) is 3.10. The summed E-state index contributed by atoms with van der Waals surface area (Å²) in [6.45, 7) is 6.34. The Kier molecular flexibility index (Phi) is 5.30. The maximum Gasteiger partial charge on any atom is 0.186 e. The van der Waals surface area contributed by atoms with Crippen LogP contribution in [0.15, 0.2) is 97.1 Å². The summed E-state index contributed by atoms with van der Waals surface area (Å²) in [6.07, 6.45) is 0. The lowest BCUT2D eigenvalue weighted by Crippen LogP contribution is -2.36. The van der Waals surface area contributed by atoms with Gasteiger partial charge in [-0.15, -0.1) is 4.48 Å². The monoisotopic (exact) mass is 437 g/mol. The third kappa shape index (κ3) is 3.53. The van der Waals surface area contributed by atoms with Gasteiger partial charge in [-0.05, 0) is 28.2 Å². The van der Waals surface area contributed by atoms with Crippen molar-refractivity contribution < 1.29 is 9.22 Å². The third-order valence-corrected chi connectivity index (χ3v) is 6.25. The zero-order valence-corrected chi connectivity index (χ0v) is 19.2. The fraction of sp³-hybridized carbons (Fsp3) is 0.200. The smallest absolute Gasteiger partial charge is 0.186 e. The molecule has 3 heteroatoms. The van der Waals surface area contributed by atoms with Gasteiger partial charge in [-0.3, -0.25) is 0 Å². The fourth-order valence-electron chi connectivity index (χ4n) is 4.82. The normalized spacial score (nSPS) is 14.2. The Morgan fingerprint density at radius 3 is 1.45 bits per heavy atom. The second-order valence-corrected chi connectivity index (χ2v) is 9.79. The van der Waals surface area contributed by atoms with Crippen LogP contribution in [0.3, 0.4) is 0 Å². The molecule has 0 saturated carbocycles. The van der Waals surface area contributed by atoms with Crippen molar-refractivity contribution in [1.29, 1.82) is 0 Å². The number of hydrogen-bond donors (Lipinski definition) is 1. The van der Waals surface area contributed by atoms with E-state index in [4.69, 9.17) is 4.74 Å². The molecular weight excluding hydrogens is 409 g/mol. The summed E-state index contributed by atoms with van der Waals surface area (Å²) in [7, 11) is 0. The molecule has 1 aliphatic heterocycles. The Morgan fingerprint density at radius 1 is 0.636 bits per heavy atom. The van der Waals surface area contributed by atoms with Gasteiger partial charge in [0.15, 0.2) is 5.60 Å². The molecule has 0 saturated heterocycles. The minimum atomic E-state index is -0.585. The highest BCUT2D eigenvalue weighted by atomic mass is 19.2. The molecule has 1 heterocycles. The topological polar surface area (TPSA) is 21.3 Å². The van der Waals surface area contributed by atoms with Gasteiger partial charge in [-0.2, -0.15) is 5.54 Å². The molecule has 0 amide bonds. The first kappa shape index (κ1) is 21.4. The molecule has 6 rings (SSSR count). The van der Waals surface area contributed by atoms with Crippen molar-refractivity contribution in [2.45, 2.75) is 26.4 Å². The van der Waals surface area contributed by atoms with Gasteiger partial charge in [0, 0.05) is 28.8 Å². The molecule has 33 heavy (non-hydrogen) atoms. The Balaban J connectivity index is 0.000000287. The molecule has 0 atom stereocenters. The van der Waals surface area contributed by atoms with Crippen LogP contribution in [0.4, 0.5) is 4.48 Å². The van der Waals surface area contributed by atoms with Gasteiger partial charge in [0.05, 0.1) is 0 Å². The van der Waals surface area contributed by atoms with Crippen LogP contribution < -0.4 is 10.3 Å². The molecule has 1 aliphatic carbocycles. The first-order chi connectivity index (χ1) is 16.0. The molecule has 0 fully saturated rings. The minimum absolute atomic E-state index is 0.0642. The molecular formula is C30H28FNO. The maximum absolute atomic E-state index is 11.2. The van der Waals surface area contributed by atoms with Gasteiger partial charge in [0.2, 0.25) is 0 Å². The van der Waals surface area contributed by atoms with E-state index in [1.807, 2.05) is 26.8 Å². The van der Waals surface area contributed by atoms with E-state index in [2.05, 4.69) is 91.0 Å². The second-order valence-electron chi connectivity index (χ2n) is 9.79. The molecule has 0 radical (unpaired) electrons. The summed E-state index contributed by atoms with van der Waals surface area (Å²) in [5.74, 6) is 0.942. The molecule has 1 N–H and O–H groups in total. The van der Waals surface area contributed by atoms with Gasteiger partial charge in [0.1, 0.15) is 5.75 Å². The number of nitrogens with one attached hydrogen (secondary N) is 1. The number of para-hydroxylation sites is 1. The average molecular weight is 438 g/mol. The van der Waals surface area contributed by atoms with Crippen molar-refractivity contribution in [2.75, 3.05) is 6.54 Å². The van der Waals surface area contributed by atoms with Crippen LogP contribution in [-0.4, -0.2) is 6.54 Å². The summed E-state index contributed by atoms with van der Waals surface area (Å²) < 4.78 is 18.1. The van der Waals surface area contributed by atoms with E-state index in [1.54, 1.807) is 5.54 Å². The van der Waals surface area contributed by atoms with Crippen LogP contribution in [0.2, 0.25) is 0 Å². The van der Waals surface area contributed by atoms with E-state index in [-0.39, 0.29) is 5.41 Å². The van der Waals surface area contributed by atoms with Gasteiger partial charge >= 0.3 is 0 Å². The number of hydrogen-bond acceptors (Lipinski definition) is 2. The zero-order chi connectivity index (χ0) is 23.1. The lowest BCUT2D eigenvalue weighted by Gasteiger charge is -2.39. The number of benzene rings is 4. The molecule has 2 aliphatic rings. The predicted octanol–water partition coefficient (Wildman–Crippen LogP) is 7.52. The molecule has 1 spiro atoms. The highest BCUT2D eigenvalue weighted by Gasteiger charge is 2.50. The van der Waals surface area contributed by atoms with Gasteiger partial charge in [-0.25, -0.2) is 0 Å². The van der Waals surface area contributed by atoms with Crippen molar-refractivity contribution in [2.24, 2.45) is 5.41 Å². The highest BCUT2D eigenvalue weighted by molar-refractivity contribution is 5.87. The van der Waals surface area contributed by atoms with Crippen LogP contribution >= 0.6 is 0 Å². The first-order valence-electron chi connectivity index (χ1n) is 11.4. The van der Waals surface area contributed by atoms with Gasteiger partial charge in [-0.1, -0.05) is 112 Å².